The van der Waals surface area contributed by atoms with Crippen molar-refractivity contribution >= 4 is 5.91 Å². The van der Waals surface area contributed by atoms with Gasteiger partial charge in [-0.15, -0.1) is 0 Å². The molecule has 1 saturated heterocycles. The van der Waals surface area contributed by atoms with Crippen LogP contribution in [-0.4, -0.2) is 41.9 Å². The van der Waals surface area contributed by atoms with Gasteiger partial charge in [-0.3, -0.25) is 9.69 Å². The van der Waals surface area contributed by atoms with E-state index in [1.54, 1.807) is 6.07 Å². The molecule has 1 amide bonds. The van der Waals surface area contributed by atoms with E-state index in [1.165, 1.54) is 12.1 Å². The molecule has 1 aromatic carbocycles. The van der Waals surface area contributed by atoms with Crippen molar-refractivity contribution in [3.05, 3.63) is 35.4 Å². The summed E-state index contributed by atoms with van der Waals surface area (Å²) in [5, 5.41) is 0. The molecule has 23 heavy (non-hydrogen) atoms. The molecule has 128 valence electrons. The van der Waals surface area contributed by atoms with Crippen molar-refractivity contribution in [2.75, 3.05) is 20.1 Å². The number of halogens is 3. The Morgan fingerprint density at radius 3 is 2.52 bits per heavy atom. The second-order valence-corrected chi connectivity index (χ2v) is 6.08. The number of carbonyl (C=O) groups excluding carboxylic acids is 1. The summed E-state index contributed by atoms with van der Waals surface area (Å²) < 4.78 is 38.3. The maximum Gasteiger partial charge on any atom is 0.416 e. The summed E-state index contributed by atoms with van der Waals surface area (Å²) in [6, 6.07) is 5.78. The van der Waals surface area contributed by atoms with E-state index in [1.807, 2.05) is 18.9 Å². The SMILES string of the molecule is CCC(=O)N1CCC(N(C)Cc2cccc(C(F)(F)F)c2)CC1. The third kappa shape index (κ3) is 4.70. The number of piperidine rings is 1. The van der Waals surface area contributed by atoms with Crippen LogP contribution in [0.2, 0.25) is 0 Å². The van der Waals surface area contributed by atoms with E-state index in [2.05, 4.69) is 4.90 Å². The van der Waals surface area contributed by atoms with Crippen LogP contribution in [-0.2, 0) is 17.5 Å². The van der Waals surface area contributed by atoms with Crippen molar-refractivity contribution in [2.45, 2.75) is 44.9 Å². The van der Waals surface area contributed by atoms with Crippen LogP contribution in [0.4, 0.5) is 13.2 Å². The Balaban J connectivity index is 1.93. The fraction of sp³-hybridized carbons (Fsp3) is 0.588. The van der Waals surface area contributed by atoms with Gasteiger partial charge in [0.05, 0.1) is 5.56 Å². The Hall–Kier alpha value is -1.56. The van der Waals surface area contributed by atoms with Crippen LogP contribution in [0.25, 0.3) is 0 Å². The second-order valence-electron chi connectivity index (χ2n) is 6.08. The largest absolute Gasteiger partial charge is 0.416 e. The number of amides is 1. The topological polar surface area (TPSA) is 23.6 Å². The molecule has 0 atom stereocenters. The smallest absolute Gasteiger partial charge is 0.343 e. The van der Waals surface area contributed by atoms with E-state index in [4.69, 9.17) is 0 Å². The lowest BCUT2D eigenvalue weighted by molar-refractivity contribution is -0.137. The van der Waals surface area contributed by atoms with E-state index in [9.17, 15) is 18.0 Å². The number of alkyl halides is 3. The van der Waals surface area contributed by atoms with Gasteiger partial charge in [-0.1, -0.05) is 25.1 Å². The number of benzene rings is 1. The number of hydrogen-bond donors (Lipinski definition) is 0. The Morgan fingerprint density at radius 1 is 1.30 bits per heavy atom. The Kier molecular flexibility index (Phi) is 5.68. The van der Waals surface area contributed by atoms with Gasteiger partial charge in [-0.2, -0.15) is 13.2 Å². The maximum atomic E-state index is 12.8. The second kappa shape index (κ2) is 7.34. The summed E-state index contributed by atoms with van der Waals surface area (Å²) in [6.07, 6.45) is -2.06. The minimum absolute atomic E-state index is 0.170. The lowest BCUT2D eigenvalue weighted by atomic mass is 10.0. The standard InChI is InChI=1S/C17H23F3N2O/c1-3-16(23)22-9-7-15(8-10-22)21(2)12-13-5-4-6-14(11-13)17(18,19)20/h4-6,11,15H,3,7-10,12H2,1-2H3. The summed E-state index contributed by atoms with van der Waals surface area (Å²) in [4.78, 5) is 15.6. The molecule has 0 unspecified atom stereocenters. The number of likely N-dealkylation sites (tertiary alicyclic amines) is 1. The zero-order valence-electron chi connectivity index (χ0n) is 13.6. The van der Waals surface area contributed by atoms with E-state index >= 15 is 0 Å². The van der Waals surface area contributed by atoms with Gasteiger partial charge in [-0.25, -0.2) is 0 Å². The summed E-state index contributed by atoms with van der Waals surface area (Å²) in [6.45, 7) is 3.79. The number of hydrogen-bond acceptors (Lipinski definition) is 2. The summed E-state index contributed by atoms with van der Waals surface area (Å²) in [5.74, 6) is 0.170. The van der Waals surface area contributed by atoms with Crippen LogP contribution in [0.1, 0.15) is 37.3 Å². The molecule has 1 aliphatic rings. The number of rotatable bonds is 4. The summed E-state index contributed by atoms with van der Waals surface area (Å²) in [7, 11) is 1.93. The molecule has 6 heteroatoms. The quantitative estimate of drug-likeness (QED) is 0.844. The van der Waals surface area contributed by atoms with Crippen LogP contribution < -0.4 is 0 Å². The molecule has 1 heterocycles. The zero-order valence-corrected chi connectivity index (χ0v) is 13.6. The Labute approximate surface area is 135 Å². The van der Waals surface area contributed by atoms with Gasteiger partial charge in [0.25, 0.3) is 0 Å². The first kappa shape index (κ1) is 17.8. The molecule has 0 aromatic heterocycles. The van der Waals surface area contributed by atoms with Crippen LogP contribution >= 0.6 is 0 Å². The predicted octanol–water partition coefficient (Wildman–Crippen LogP) is 3.54. The fourth-order valence-electron chi connectivity index (χ4n) is 3.04. The van der Waals surface area contributed by atoms with E-state index < -0.39 is 11.7 Å². The number of carbonyl (C=O) groups is 1. The minimum Gasteiger partial charge on any atom is -0.343 e. The van der Waals surface area contributed by atoms with Crippen molar-refractivity contribution < 1.29 is 18.0 Å². The first-order chi connectivity index (χ1) is 10.8. The van der Waals surface area contributed by atoms with Crippen LogP contribution in [0.5, 0.6) is 0 Å². The first-order valence-corrected chi connectivity index (χ1v) is 7.95. The van der Waals surface area contributed by atoms with Gasteiger partial charge in [0, 0.05) is 32.1 Å². The normalized spacial score (nSPS) is 16.9. The molecule has 1 fully saturated rings. The third-order valence-electron chi connectivity index (χ3n) is 4.43. The van der Waals surface area contributed by atoms with Gasteiger partial charge < -0.3 is 4.90 Å². The van der Waals surface area contributed by atoms with E-state index in [-0.39, 0.29) is 5.91 Å². The molecule has 3 nitrogen and oxygen atoms in total. The fourth-order valence-corrected chi connectivity index (χ4v) is 3.04. The molecule has 0 saturated carbocycles. The molecular formula is C17H23F3N2O. The Bertz CT molecular complexity index is 537. The lowest BCUT2D eigenvalue weighted by Crippen LogP contribution is -2.45. The van der Waals surface area contributed by atoms with Gasteiger partial charge in [0.1, 0.15) is 0 Å². The molecule has 0 N–H and O–H groups in total. The van der Waals surface area contributed by atoms with Crippen molar-refractivity contribution in [2.24, 2.45) is 0 Å². The number of nitrogens with zero attached hydrogens (tertiary/aromatic N) is 2. The van der Waals surface area contributed by atoms with E-state index in [0.29, 0.717) is 24.6 Å². The molecule has 0 spiro atoms. The first-order valence-electron chi connectivity index (χ1n) is 7.95. The third-order valence-corrected chi connectivity index (χ3v) is 4.43. The molecular weight excluding hydrogens is 305 g/mol. The Morgan fingerprint density at radius 2 is 1.96 bits per heavy atom. The van der Waals surface area contributed by atoms with Crippen molar-refractivity contribution in [1.29, 1.82) is 0 Å². The summed E-state index contributed by atoms with van der Waals surface area (Å²) in [5.41, 5.74) is 0.0566. The average Bonchev–Trinajstić information content (AvgIpc) is 2.53. The highest BCUT2D eigenvalue weighted by atomic mass is 19.4. The lowest BCUT2D eigenvalue weighted by Gasteiger charge is -2.36. The molecule has 1 aliphatic heterocycles. The van der Waals surface area contributed by atoms with E-state index in [0.717, 1.165) is 32.0 Å². The highest BCUT2D eigenvalue weighted by Gasteiger charge is 2.30. The van der Waals surface area contributed by atoms with Crippen LogP contribution in [0.15, 0.2) is 24.3 Å². The van der Waals surface area contributed by atoms with Gasteiger partial charge in [-0.05, 0) is 31.5 Å². The molecule has 2 rings (SSSR count). The average molecular weight is 328 g/mol. The van der Waals surface area contributed by atoms with Crippen molar-refractivity contribution in [3.63, 3.8) is 0 Å². The molecule has 0 aliphatic carbocycles. The van der Waals surface area contributed by atoms with Crippen molar-refractivity contribution in [3.8, 4) is 0 Å². The predicted molar refractivity (Wildman–Crippen MR) is 82.8 cm³/mol. The van der Waals surface area contributed by atoms with Crippen molar-refractivity contribution in [1.82, 2.24) is 9.80 Å². The van der Waals surface area contributed by atoms with Gasteiger partial charge in [0.15, 0.2) is 0 Å². The van der Waals surface area contributed by atoms with Gasteiger partial charge in [0.2, 0.25) is 5.91 Å². The highest BCUT2D eigenvalue weighted by Crippen LogP contribution is 2.30. The van der Waals surface area contributed by atoms with Crippen LogP contribution in [0, 0.1) is 0 Å². The van der Waals surface area contributed by atoms with Gasteiger partial charge >= 0.3 is 6.18 Å². The minimum atomic E-state index is -4.31. The molecule has 1 aromatic rings. The maximum absolute atomic E-state index is 12.8. The van der Waals surface area contributed by atoms with Crippen LogP contribution in [0.3, 0.4) is 0 Å². The zero-order chi connectivity index (χ0) is 17.0. The summed E-state index contributed by atoms with van der Waals surface area (Å²) >= 11 is 0. The monoisotopic (exact) mass is 328 g/mol. The molecule has 0 bridgehead atoms. The highest BCUT2D eigenvalue weighted by molar-refractivity contribution is 5.75. The molecule has 0 radical (unpaired) electrons.